The van der Waals surface area contributed by atoms with Gasteiger partial charge in [0.1, 0.15) is 11.4 Å². The van der Waals surface area contributed by atoms with Crippen molar-refractivity contribution in [2.75, 3.05) is 10.6 Å². The Kier molecular flexibility index (Phi) is 13.8. The second-order valence-corrected chi connectivity index (χ2v) is 16.3. The minimum atomic E-state index is -0.806. The first-order chi connectivity index (χ1) is 27.0. The van der Waals surface area contributed by atoms with Crippen LogP contribution in [0.2, 0.25) is 15.1 Å². The molecule has 14 heteroatoms. The number of nitrogens with one attached hydrogen (secondary N) is 2. The van der Waals surface area contributed by atoms with Crippen LogP contribution in [0, 0.1) is 0 Å². The molecule has 1 unspecified atom stereocenters. The van der Waals surface area contributed by atoms with Gasteiger partial charge in [-0.2, -0.15) is 9.78 Å². The third-order valence-electron chi connectivity index (χ3n) is 10.2. The van der Waals surface area contributed by atoms with E-state index in [1.54, 1.807) is 36.5 Å². The van der Waals surface area contributed by atoms with Gasteiger partial charge in [0.2, 0.25) is 0 Å². The molecule has 0 aliphatic heterocycles. The largest absolute Gasteiger partial charge is 0.480 e. The fraction of sp³-hybridized carbons (Fsp3) is 0.372. The molecule has 302 valence electrons. The molecule has 1 atom stereocenters. The maximum Gasteiger partial charge on any atom is 0.312 e. The van der Waals surface area contributed by atoms with Crippen LogP contribution in [0.1, 0.15) is 109 Å². The molecule has 11 nitrogen and oxygen atoms in total. The molecule has 5 aromatic rings. The second-order valence-electron chi connectivity index (χ2n) is 15.0. The van der Waals surface area contributed by atoms with Crippen LogP contribution in [0.5, 0.6) is 11.6 Å². The fourth-order valence-corrected chi connectivity index (χ4v) is 7.00. The number of hydrogen-bond donors (Lipinski definition) is 2. The number of aromatic nitrogens is 4. The van der Waals surface area contributed by atoms with Gasteiger partial charge >= 0.3 is 5.97 Å². The van der Waals surface area contributed by atoms with Crippen LogP contribution in [-0.2, 0) is 20.4 Å². The van der Waals surface area contributed by atoms with Crippen LogP contribution in [-0.4, -0.2) is 43.4 Å². The lowest BCUT2D eigenvalue weighted by atomic mass is 9.76. The summed E-state index contributed by atoms with van der Waals surface area (Å²) in [7, 11) is 0. The Morgan fingerprint density at radius 1 is 0.842 bits per heavy atom. The van der Waals surface area contributed by atoms with Gasteiger partial charge in [0.15, 0.2) is 17.6 Å². The quantitative estimate of drug-likeness (QED) is 0.0947. The number of ether oxygens (including phenoxy) is 2. The number of esters is 1. The molecule has 0 saturated carbocycles. The highest BCUT2D eigenvalue weighted by Crippen LogP contribution is 2.41. The zero-order valence-corrected chi connectivity index (χ0v) is 35.8. The van der Waals surface area contributed by atoms with Crippen molar-refractivity contribution in [3.8, 4) is 23.0 Å². The molecule has 2 N–H and O–H groups in total. The average Bonchev–Trinajstić information content (AvgIpc) is 3.81. The Balaban J connectivity index is 1.45. The van der Waals surface area contributed by atoms with Gasteiger partial charge in [0.25, 0.3) is 17.7 Å². The van der Waals surface area contributed by atoms with E-state index in [4.69, 9.17) is 44.3 Å². The molecule has 0 bridgehead atoms. The van der Waals surface area contributed by atoms with Gasteiger partial charge in [-0.05, 0) is 84.5 Å². The summed E-state index contributed by atoms with van der Waals surface area (Å²) in [6.07, 6.45) is 5.23. The number of halogens is 3. The Morgan fingerprint density at radius 3 is 2.16 bits per heavy atom. The van der Waals surface area contributed by atoms with E-state index in [0.717, 1.165) is 18.4 Å². The Morgan fingerprint density at radius 2 is 1.54 bits per heavy atom. The van der Waals surface area contributed by atoms with Gasteiger partial charge in [0, 0.05) is 40.7 Å². The summed E-state index contributed by atoms with van der Waals surface area (Å²) in [6.45, 7) is 16.9. The summed E-state index contributed by atoms with van der Waals surface area (Å²) >= 11 is 19.4. The zero-order chi connectivity index (χ0) is 41.7. The van der Waals surface area contributed by atoms with E-state index < -0.39 is 18.0 Å². The van der Waals surface area contributed by atoms with Crippen LogP contribution < -0.4 is 20.1 Å². The van der Waals surface area contributed by atoms with E-state index in [9.17, 15) is 14.4 Å². The molecule has 3 aromatic carbocycles. The number of nitrogens with zero attached hydrogens (tertiary/aromatic N) is 4. The first-order valence-electron chi connectivity index (χ1n) is 19.1. The fourth-order valence-electron chi connectivity index (χ4n) is 6.02. The van der Waals surface area contributed by atoms with Crippen molar-refractivity contribution >= 4 is 64.1 Å². The third kappa shape index (κ3) is 9.83. The maximum atomic E-state index is 13.9. The average molecular weight is 836 g/mol. The molecule has 0 spiro atoms. The van der Waals surface area contributed by atoms with Gasteiger partial charge in [-0.15, -0.1) is 5.10 Å². The Hall–Kier alpha value is -4.84. The summed E-state index contributed by atoms with van der Waals surface area (Å²) in [5.74, 6) is -0.915. The van der Waals surface area contributed by atoms with Crippen molar-refractivity contribution in [2.24, 2.45) is 0 Å². The first-order valence-corrected chi connectivity index (χ1v) is 20.2. The molecule has 0 radical (unpaired) electrons. The monoisotopic (exact) mass is 834 g/mol. The van der Waals surface area contributed by atoms with Gasteiger partial charge < -0.3 is 20.1 Å². The highest BCUT2D eigenvalue weighted by molar-refractivity contribution is 6.40. The lowest BCUT2D eigenvalue weighted by Gasteiger charge is -2.31. The number of carbonyl (C=O) groups is 3. The van der Waals surface area contributed by atoms with E-state index in [1.807, 2.05) is 19.9 Å². The number of carbonyl (C=O) groups excluding carboxylic acids is 3. The molecule has 0 aliphatic carbocycles. The maximum absolute atomic E-state index is 13.9. The number of rotatable bonds is 16. The molecular formula is C43H49Cl3N6O5. The van der Waals surface area contributed by atoms with E-state index in [0.29, 0.717) is 24.3 Å². The van der Waals surface area contributed by atoms with Crippen LogP contribution in [0.25, 0.3) is 11.4 Å². The molecule has 57 heavy (non-hydrogen) atoms. The summed E-state index contributed by atoms with van der Waals surface area (Å²) in [5.41, 5.74) is 2.96. The lowest BCUT2D eigenvalue weighted by molar-refractivity contribution is -0.134. The van der Waals surface area contributed by atoms with Gasteiger partial charge in [-0.1, -0.05) is 108 Å². The third-order valence-corrected chi connectivity index (χ3v) is 11.0. The number of anilines is 2. The molecule has 2 heterocycles. The molecule has 2 aromatic heterocycles. The summed E-state index contributed by atoms with van der Waals surface area (Å²) in [6, 6.07) is 17.4. The Labute approximate surface area is 349 Å². The van der Waals surface area contributed by atoms with E-state index in [2.05, 4.69) is 74.5 Å². The highest BCUT2D eigenvalue weighted by atomic mass is 35.5. The Bertz CT molecular complexity index is 2230. The lowest BCUT2D eigenvalue weighted by Crippen LogP contribution is -2.33. The molecule has 0 aliphatic rings. The van der Waals surface area contributed by atoms with E-state index >= 15 is 0 Å². The molecular weight excluding hydrogens is 787 g/mol. The normalized spacial score (nSPS) is 12.3. The highest BCUT2D eigenvalue weighted by Gasteiger charge is 2.31. The predicted octanol–water partition coefficient (Wildman–Crippen LogP) is 11.1. The van der Waals surface area contributed by atoms with Gasteiger partial charge in [-0.25, -0.2) is 4.68 Å². The number of benzene rings is 3. The van der Waals surface area contributed by atoms with Crippen molar-refractivity contribution in [1.82, 2.24) is 19.6 Å². The van der Waals surface area contributed by atoms with E-state index in [1.165, 1.54) is 33.3 Å². The molecule has 0 fully saturated rings. The van der Waals surface area contributed by atoms with Gasteiger partial charge in [0.05, 0.1) is 10.0 Å². The standard InChI is InChI=1S/C43H49Cl3N6O5/c1-9-15-35(53)57-41-37(51-21-14-20-47-51)38(50-52(41)36-31(45)24-28(44)25-32(36)46)49-39(54)26-16-13-17-29(22-26)48-40(55)33(10-2)56-34-19-18-27(42(5,6)11-3)23-30(34)43(7,8)12-4/h13-14,16-25,33H,9-12,15H2,1-8H3,(H,48,55)(H,49,50,54). The molecule has 5 rings (SSSR count). The van der Waals surface area contributed by atoms with Crippen LogP contribution >= 0.6 is 34.8 Å². The van der Waals surface area contributed by atoms with Crippen LogP contribution in [0.15, 0.2) is 73.1 Å². The zero-order valence-electron chi connectivity index (χ0n) is 33.5. The van der Waals surface area contributed by atoms with Crippen molar-refractivity contribution in [2.45, 2.75) is 104 Å². The van der Waals surface area contributed by atoms with Crippen molar-refractivity contribution in [3.63, 3.8) is 0 Å². The minimum absolute atomic E-state index is 0.0153. The smallest absolute Gasteiger partial charge is 0.312 e. The predicted molar refractivity (Wildman–Crippen MR) is 227 cm³/mol. The second kappa shape index (κ2) is 18.2. The summed E-state index contributed by atoms with van der Waals surface area (Å²) in [4.78, 5) is 40.6. The van der Waals surface area contributed by atoms with Gasteiger partial charge in [-0.3, -0.25) is 14.4 Å². The van der Waals surface area contributed by atoms with Crippen LogP contribution in [0.4, 0.5) is 11.5 Å². The molecule has 0 saturated heterocycles. The number of hydrogen-bond acceptors (Lipinski definition) is 7. The van der Waals surface area contributed by atoms with Crippen molar-refractivity contribution in [3.05, 3.63) is 105 Å². The topological polar surface area (TPSA) is 129 Å². The van der Waals surface area contributed by atoms with Crippen molar-refractivity contribution < 1.29 is 23.9 Å². The summed E-state index contributed by atoms with van der Waals surface area (Å²) < 4.78 is 14.9. The first kappa shape index (κ1) is 43.3. The molecule has 2 amide bonds. The number of amides is 2. The van der Waals surface area contributed by atoms with E-state index in [-0.39, 0.29) is 66.9 Å². The summed E-state index contributed by atoms with van der Waals surface area (Å²) in [5, 5.41) is 15.2. The van der Waals surface area contributed by atoms with Crippen LogP contribution in [0.3, 0.4) is 0 Å². The minimum Gasteiger partial charge on any atom is -0.480 e. The van der Waals surface area contributed by atoms with Crippen molar-refractivity contribution in [1.29, 1.82) is 0 Å². The SMILES string of the molecule is CCCC(=O)Oc1c(-n2cccn2)c(NC(=O)c2cccc(NC(=O)C(CC)Oc3ccc(C(C)(C)CC)cc3C(C)(C)CC)c2)nn1-c1c(Cl)cc(Cl)cc1Cl.